The van der Waals surface area contributed by atoms with Gasteiger partial charge in [0.25, 0.3) is 0 Å². The second-order valence-electron chi connectivity index (χ2n) is 3.21. The van der Waals surface area contributed by atoms with Crippen LogP contribution < -0.4 is 4.84 Å². The molecule has 1 heterocycles. The van der Waals surface area contributed by atoms with E-state index in [1.54, 1.807) is 11.8 Å². The van der Waals surface area contributed by atoms with Crippen LogP contribution in [-0.4, -0.2) is 11.8 Å². The summed E-state index contributed by atoms with van der Waals surface area (Å²) in [5.74, 6) is 0. The van der Waals surface area contributed by atoms with E-state index in [9.17, 15) is 0 Å². The van der Waals surface area contributed by atoms with E-state index < -0.39 is 0 Å². The van der Waals surface area contributed by atoms with Crippen LogP contribution in [-0.2, 0) is 0 Å². The lowest BCUT2D eigenvalue weighted by atomic mass is 10.1. The Balaban J connectivity index is 2.93. The van der Waals surface area contributed by atoms with Crippen molar-refractivity contribution in [2.45, 2.75) is 6.92 Å². The molecule has 0 N–H and O–H groups in total. The Labute approximate surface area is 96.0 Å². The second kappa shape index (κ2) is 3.59. The molecule has 1 aromatic heterocycles. The maximum absolute atomic E-state index is 9.06. The van der Waals surface area contributed by atoms with Crippen molar-refractivity contribution in [2.24, 2.45) is 0 Å². The lowest BCUT2D eigenvalue weighted by Crippen LogP contribution is -2.07. The van der Waals surface area contributed by atoms with Crippen molar-refractivity contribution < 1.29 is 4.84 Å². The van der Waals surface area contributed by atoms with E-state index in [4.69, 9.17) is 10.1 Å². The van der Waals surface area contributed by atoms with Gasteiger partial charge in [-0.05, 0) is 19.1 Å². The van der Waals surface area contributed by atoms with Crippen molar-refractivity contribution >= 4 is 26.8 Å². The Bertz CT molecular complexity index is 566. The fourth-order valence-electron chi connectivity index (χ4n) is 1.74. The number of hydrogen-bond donors (Lipinski definition) is 0. The molecule has 0 spiro atoms. The number of nitrogens with zero attached hydrogens (tertiary/aromatic N) is 2. The van der Waals surface area contributed by atoms with Gasteiger partial charge in [-0.2, -0.15) is 9.99 Å². The smallest absolute Gasteiger partial charge is 0.104 e. The molecule has 0 aliphatic carbocycles. The molecule has 2 aromatic rings. The molecule has 4 heteroatoms. The zero-order valence-electron chi connectivity index (χ0n) is 8.41. The molecule has 0 atom stereocenters. The van der Waals surface area contributed by atoms with Gasteiger partial charge in [0.2, 0.25) is 0 Å². The summed E-state index contributed by atoms with van der Waals surface area (Å²) < 4.78 is 2.63. The number of fused-ring (bicyclic) bond motifs is 1. The van der Waals surface area contributed by atoms with E-state index in [0.29, 0.717) is 5.56 Å². The number of nitriles is 1. The third kappa shape index (κ3) is 1.40. The van der Waals surface area contributed by atoms with Crippen molar-refractivity contribution in [3.05, 3.63) is 33.9 Å². The highest BCUT2D eigenvalue weighted by Crippen LogP contribution is 2.26. The summed E-state index contributed by atoms with van der Waals surface area (Å²) in [6, 6.07) is 7.97. The van der Waals surface area contributed by atoms with Crippen molar-refractivity contribution in [2.75, 3.05) is 7.11 Å². The van der Waals surface area contributed by atoms with Crippen molar-refractivity contribution in [3.8, 4) is 6.07 Å². The SMILES string of the molecule is COn1c(C)c(C#N)c2ccc(Br)cc21. The van der Waals surface area contributed by atoms with Gasteiger partial charge < -0.3 is 4.84 Å². The maximum atomic E-state index is 9.06. The summed E-state index contributed by atoms with van der Waals surface area (Å²) in [5, 5.41) is 9.98. The standard InChI is InChI=1S/C11H9BrN2O/c1-7-10(6-13)9-4-3-8(12)5-11(9)14(7)15-2/h3-5H,1-2H3. The Morgan fingerprint density at radius 2 is 2.20 bits per heavy atom. The molecule has 0 saturated carbocycles. The lowest BCUT2D eigenvalue weighted by Gasteiger charge is -2.04. The summed E-state index contributed by atoms with van der Waals surface area (Å²) in [6.07, 6.45) is 0. The molecule has 0 fully saturated rings. The predicted molar refractivity (Wildman–Crippen MR) is 61.6 cm³/mol. The van der Waals surface area contributed by atoms with Crippen LogP contribution in [0.3, 0.4) is 0 Å². The number of benzene rings is 1. The molecular weight excluding hydrogens is 256 g/mol. The first kappa shape index (κ1) is 10.1. The number of rotatable bonds is 1. The van der Waals surface area contributed by atoms with Gasteiger partial charge >= 0.3 is 0 Å². The molecule has 0 radical (unpaired) electrons. The van der Waals surface area contributed by atoms with Crippen LogP contribution in [0.25, 0.3) is 10.9 Å². The third-order valence-electron chi connectivity index (χ3n) is 2.41. The van der Waals surface area contributed by atoms with Crippen LogP contribution in [0, 0.1) is 18.3 Å². The summed E-state index contributed by atoms with van der Waals surface area (Å²) >= 11 is 3.40. The predicted octanol–water partition coefficient (Wildman–Crippen LogP) is 2.64. The Morgan fingerprint density at radius 1 is 1.47 bits per heavy atom. The minimum atomic E-state index is 0.666. The molecule has 15 heavy (non-hydrogen) atoms. The van der Waals surface area contributed by atoms with E-state index in [1.165, 1.54) is 0 Å². The average Bonchev–Trinajstić information content (AvgIpc) is 2.48. The average molecular weight is 265 g/mol. The molecule has 0 unspecified atom stereocenters. The fraction of sp³-hybridized carbons (Fsp3) is 0.182. The van der Waals surface area contributed by atoms with E-state index in [1.807, 2.05) is 25.1 Å². The summed E-state index contributed by atoms with van der Waals surface area (Å²) in [4.78, 5) is 5.24. The highest BCUT2D eigenvalue weighted by molar-refractivity contribution is 9.10. The normalized spacial score (nSPS) is 10.3. The zero-order chi connectivity index (χ0) is 11.0. The monoisotopic (exact) mass is 264 g/mol. The van der Waals surface area contributed by atoms with Gasteiger partial charge in [-0.25, -0.2) is 0 Å². The van der Waals surface area contributed by atoms with Gasteiger partial charge in [0.1, 0.15) is 13.2 Å². The Hall–Kier alpha value is -1.47. The van der Waals surface area contributed by atoms with Crippen LogP contribution in [0.2, 0.25) is 0 Å². The van der Waals surface area contributed by atoms with Gasteiger partial charge in [-0.1, -0.05) is 22.0 Å². The highest BCUT2D eigenvalue weighted by Gasteiger charge is 2.13. The van der Waals surface area contributed by atoms with Gasteiger partial charge in [0.05, 0.1) is 16.8 Å². The minimum absolute atomic E-state index is 0.666. The molecule has 2 rings (SSSR count). The molecule has 3 nitrogen and oxygen atoms in total. The van der Waals surface area contributed by atoms with Crippen LogP contribution in [0.4, 0.5) is 0 Å². The number of halogens is 1. The first-order chi connectivity index (χ1) is 7.19. The quantitative estimate of drug-likeness (QED) is 0.794. The van der Waals surface area contributed by atoms with Crippen molar-refractivity contribution in [3.63, 3.8) is 0 Å². The maximum Gasteiger partial charge on any atom is 0.104 e. The molecule has 0 saturated heterocycles. The third-order valence-corrected chi connectivity index (χ3v) is 2.90. The topological polar surface area (TPSA) is 38.0 Å². The first-order valence-electron chi connectivity index (χ1n) is 4.44. The summed E-state index contributed by atoms with van der Waals surface area (Å²) in [5.41, 5.74) is 2.40. The number of aromatic nitrogens is 1. The summed E-state index contributed by atoms with van der Waals surface area (Å²) in [7, 11) is 1.59. The van der Waals surface area contributed by atoms with Gasteiger partial charge in [0.15, 0.2) is 0 Å². The largest absolute Gasteiger partial charge is 0.417 e. The first-order valence-corrected chi connectivity index (χ1v) is 5.23. The second-order valence-corrected chi connectivity index (χ2v) is 4.13. The minimum Gasteiger partial charge on any atom is -0.417 e. The molecule has 1 aromatic carbocycles. The molecule has 76 valence electrons. The Morgan fingerprint density at radius 3 is 2.80 bits per heavy atom. The van der Waals surface area contributed by atoms with Crippen LogP contribution in [0.1, 0.15) is 11.3 Å². The Kier molecular flexibility index (Phi) is 2.41. The fourth-order valence-corrected chi connectivity index (χ4v) is 2.09. The van der Waals surface area contributed by atoms with Gasteiger partial charge in [-0.15, -0.1) is 0 Å². The summed E-state index contributed by atoms with van der Waals surface area (Å²) in [6.45, 7) is 1.87. The number of hydrogen-bond acceptors (Lipinski definition) is 2. The molecular formula is C11H9BrN2O. The highest BCUT2D eigenvalue weighted by atomic mass is 79.9. The molecule has 0 bridgehead atoms. The van der Waals surface area contributed by atoms with E-state index in [0.717, 1.165) is 21.1 Å². The van der Waals surface area contributed by atoms with Crippen molar-refractivity contribution in [1.29, 1.82) is 5.26 Å². The van der Waals surface area contributed by atoms with Gasteiger partial charge in [-0.3, -0.25) is 0 Å². The van der Waals surface area contributed by atoms with E-state index in [-0.39, 0.29) is 0 Å². The molecule has 0 amide bonds. The lowest BCUT2D eigenvalue weighted by molar-refractivity contribution is 0.173. The van der Waals surface area contributed by atoms with E-state index in [2.05, 4.69) is 22.0 Å². The van der Waals surface area contributed by atoms with Crippen LogP contribution in [0.15, 0.2) is 22.7 Å². The van der Waals surface area contributed by atoms with Crippen molar-refractivity contribution in [1.82, 2.24) is 4.73 Å². The molecule has 0 aliphatic heterocycles. The van der Waals surface area contributed by atoms with Gasteiger partial charge in [0, 0.05) is 9.86 Å². The molecule has 0 aliphatic rings. The van der Waals surface area contributed by atoms with Crippen LogP contribution in [0.5, 0.6) is 0 Å². The zero-order valence-corrected chi connectivity index (χ0v) is 10.00. The van der Waals surface area contributed by atoms with E-state index >= 15 is 0 Å². The van der Waals surface area contributed by atoms with Crippen LogP contribution >= 0.6 is 15.9 Å².